The summed E-state index contributed by atoms with van der Waals surface area (Å²) >= 11 is 0. The molecular formula is C19H21N3O3. The quantitative estimate of drug-likeness (QED) is 0.800. The maximum atomic E-state index is 12.3. The van der Waals surface area contributed by atoms with Crippen LogP contribution < -0.4 is 20.7 Å². The first-order valence-electron chi connectivity index (χ1n) is 8.09. The molecule has 0 radical (unpaired) electrons. The number of anilines is 3. The Morgan fingerprint density at radius 2 is 1.76 bits per heavy atom. The van der Waals surface area contributed by atoms with Crippen LogP contribution >= 0.6 is 0 Å². The molecule has 1 atom stereocenters. The SMILES string of the molecule is COc1ccc(NC(=O)C[C@H]2Nc3cc(C)c(C)cc3NC2=O)cc1. The van der Waals surface area contributed by atoms with Gasteiger partial charge in [0.25, 0.3) is 0 Å². The molecule has 1 heterocycles. The molecule has 3 rings (SSSR count). The van der Waals surface area contributed by atoms with Crippen LogP contribution in [0.4, 0.5) is 17.1 Å². The van der Waals surface area contributed by atoms with Gasteiger partial charge in [0, 0.05) is 5.69 Å². The fourth-order valence-corrected chi connectivity index (χ4v) is 2.73. The van der Waals surface area contributed by atoms with Gasteiger partial charge >= 0.3 is 0 Å². The van der Waals surface area contributed by atoms with Crippen LogP contribution in [-0.4, -0.2) is 25.0 Å². The van der Waals surface area contributed by atoms with Crippen molar-refractivity contribution in [2.24, 2.45) is 0 Å². The van der Waals surface area contributed by atoms with Crippen molar-refractivity contribution < 1.29 is 14.3 Å². The highest BCUT2D eigenvalue weighted by atomic mass is 16.5. The predicted molar refractivity (Wildman–Crippen MR) is 98.2 cm³/mol. The van der Waals surface area contributed by atoms with Gasteiger partial charge in [-0.15, -0.1) is 0 Å². The standard InChI is InChI=1S/C19H21N3O3/c1-11-8-15-16(9-12(11)2)22-19(24)17(21-15)10-18(23)20-13-4-6-14(25-3)7-5-13/h4-9,17,21H,10H2,1-3H3,(H,20,23)(H,22,24)/t17-/m1/s1. The first-order chi connectivity index (χ1) is 12.0. The van der Waals surface area contributed by atoms with E-state index in [1.54, 1.807) is 31.4 Å². The Morgan fingerprint density at radius 1 is 1.12 bits per heavy atom. The number of methoxy groups -OCH3 is 1. The number of benzene rings is 2. The van der Waals surface area contributed by atoms with Crippen molar-refractivity contribution in [1.29, 1.82) is 0 Å². The molecule has 25 heavy (non-hydrogen) atoms. The van der Waals surface area contributed by atoms with Crippen LogP contribution in [0.15, 0.2) is 36.4 Å². The van der Waals surface area contributed by atoms with Gasteiger partial charge < -0.3 is 20.7 Å². The lowest BCUT2D eigenvalue weighted by Gasteiger charge is -2.27. The molecule has 2 amide bonds. The molecule has 1 aliphatic heterocycles. The largest absolute Gasteiger partial charge is 0.497 e. The second kappa shape index (κ2) is 6.84. The summed E-state index contributed by atoms with van der Waals surface area (Å²) in [4.78, 5) is 24.5. The summed E-state index contributed by atoms with van der Waals surface area (Å²) in [6, 6.07) is 10.4. The van der Waals surface area contributed by atoms with E-state index in [4.69, 9.17) is 4.74 Å². The zero-order valence-corrected chi connectivity index (χ0v) is 14.5. The molecule has 0 saturated carbocycles. The first-order valence-corrected chi connectivity index (χ1v) is 8.09. The van der Waals surface area contributed by atoms with E-state index in [0.29, 0.717) is 11.4 Å². The molecule has 2 aromatic carbocycles. The Bertz CT molecular complexity index is 815. The summed E-state index contributed by atoms with van der Waals surface area (Å²) in [6.07, 6.45) is 0.0459. The number of amides is 2. The molecule has 1 aliphatic rings. The highest BCUT2D eigenvalue weighted by Crippen LogP contribution is 2.30. The van der Waals surface area contributed by atoms with Gasteiger partial charge in [0.2, 0.25) is 11.8 Å². The second-order valence-corrected chi connectivity index (χ2v) is 6.15. The van der Waals surface area contributed by atoms with Gasteiger partial charge in [0.1, 0.15) is 11.8 Å². The van der Waals surface area contributed by atoms with E-state index >= 15 is 0 Å². The summed E-state index contributed by atoms with van der Waals surface area (Å²) in [5.74, 6) is 0.277. The number of fused-ring (bicyclic) bond motifs is 1. The molecule has 0 spiro atoms. The molecule has 0 saturated heterocycles. The van der Waals surface area contributed by atoms with Crippen molar-refractivity contribution in [2.45, 2.75) is 26.3 Å². The number of carbonyl (C=O) groups excluding carboxylic acids is 2. The van der Waals surface area contributed by atoms with Crippen LogP contribution in [0.3, 0.4) is 0 Å². The molecule has 6 nitrogen and oxygen atoms in total. The Hall–Kier alpha value is -3.02. The monoisotopic (exact) mass is 339 g/mol. The molecule has 6 heteroatoms. The van der Waals surface area contributed by atoms with Crippen molar-refractivity contribution in [3.8, 4) is 5.75 Å². The third kappa shape index (κ3) is 3.74. The van der Waals surface area contributed by atoms with Crippen LogP contribution in [0.5, 0.6) is 5.75 Å². The Balaban J connectivity index is 1.66. The lowest BCUT2D eigenvalue weighted by atomic mass is 10.0. The van der Waals surface area contributed by atoms with Crippen LogP contribution in [0, 0.1) is 13.8 Å². The van der Waals surface area contributed by atoms with E-state index in [9.17, 15) is 9.59 Å². The van der Waals surface area contributed by atoms with Crippen LogP contribution in [0.1, 0.15) is 17.5 Å². The van der Waals surface area contributed by atoms with Gasteiger partial charge in [-0.3, -0.25) is 9.59 Å². The number of ether oxygens (including phenoxy) is 1. The van der Waals surface area contributed by atoms with Gasteiger partial charge in [-0.25, -0.2) is 0 Å². The molecule has 130 valence electrons. The van der Waals surface area contributed by atoms with Crippen molar-refractivity contribution in [3.63, 3.8) is 0 Å². The Kier molecular flexibility index (Phi) is 4.61. The van der Waals surface area contributed by atoms with Crippen molar-refractivity contribution >= 4 is 28.9 Å². The van der Waals surface area contributed by atoms with E-state index in [0.717, 1.165) is 22.5 Å². The number of hydrogen-bond acceptors (Lipinski definition) is 4. The van der Waals surface area contributed by atoms with E-state index < -0.39 is 6.04 Å². The number of nitrogens with one attached hydrogen (secondary N) is 3. The average molecular weight is 339 g/mol. The van der Waals surface area contributed by atoms with E-state index in [2.05, 4.69) is 16.0 Å². The first kappa shape index (κ1) is 16.8. The number of aryl methyl sites for hydroxylation is 2. The molecule has 0 aromatic heterocycles. The van der Waals surface area contributed by atoms with Gasteiger partial charge in [-0.2, -0.15) is 0 Å². The lowest BCUT2D eigenvalue weighted by molar-refractivity contribution is -0.122. The predicted octanol–water partition coefficient (Wildman–Crippen LogP) is 3.07. The molecular weight excluding hydrogens is 318 g/mol. The molecule has 3 N–H and O–H groups in total. The number of carbonyl (C=O) groups is 2. The number of hydrogen-bond donors (Lipinski definition) is 3. The number of rotatable bonds is 4. The molecule has 2 aromatic rings. The zero-order valence-electron chi connectivity index (χ0n) is 14.5. The van der Waals surface area contributed by atoms with E-state index in [1.165, 1.54) is 0 Å². The lowest BCUT2D eigenvalue weighted by Crippen LogP contribution is -2.41. The van der Waals surface area contributed by atoms with E-state index in [1.807, 2.05) is 26.0 Å². The smallest absolute Gasteiger partial charge is 0.247 e. The third-order valence-electron chi connectivity index (χ3n) is 4.30. The minimum Gasteiger partial charge on any atom is -0.497 e. The maximum Gasteiger partial charge on any atom is 0.247 e. The summed E-state index contributed by atoms with van der Waals surface area (Å²) in [5.41, 5.74) is 4.49. The third-order valence-corrected chi connectivity index (χ3v) is 4.30. The van der Waals surface area contributed by atoms with Gasteiger partial charge in [0.15, 0.2) is 0 Å². The minimum atomic E-state index is -0.604. The van der Waals surface area contributed by atoms with Crippen LogP contribution in [-0.2, 0) is 9.59 Å². The summed E-state index contributed by atoms with van der Waals surface area (Å²) < 4.78 is 5.09. The van der Waals surface area contributed by atoms with Crippen molar-refractivity contribution in [2.75, 3.05) is 23.1 Å². The molecule has 0 bridgehead atoms. The van der Waals surface area contributed by atoms with Crippen LogP contribution in [0.25, 0.3) is 0 Å². The molecule has 0 unspecified atom stereocenters. The van der Waals surface area contributed by atoms with Gasteiger partial charge in [-0.1, -0.05) is 0 Å². The molecule has 0 fully saturated rings. The fraction of sp³-hybridized carbons (Fsp3) is 0.263. The van der Waals surface area contributed by atoms with Crippen molar-refractivity contribution in [1.82, 2.24) is 0 Å². The fourth-order valence-electron chi connectivity index (χ4n) is 2.73. The average Bonchev–Trinajstić information content (AvgIpc) is 2.58. The minimum absolute atomic E-state index is 0.0459. The topological polar surface area (TPSA) is 79.5 Å². The Labute approximate surface area is 146 Å². The Morgan fingerprint density at radius 3 is 2.40 bits per heavy atom. The zero-order chi connectivity index (χ0) is 18.0. The second-order valence-electron chi connectivity index (χ2n) is 6.15. The summed E-state index contributed by atoms with van der Waals surface area (Å²) in [6.45, 7) is 4.01. The summed E-state index contributed by atoms with van der Waals surface area (Å²) in [5, 5.41) is 8.81. The van der Waals surface area contributed by atoms with Crippen molar-refractivity contribution in [3.05, 3.63) is 47.5 Å². The highest BCUT2D eigenvalue weighted by molar-refractivity contribution is 6.06. The maximum absolute atomic E-state index is 12.3. The summed E-state index contributed by atoms with van der Waals surface area (Å²) in [7, 11) is 1.59. The highest BCUT2D eigenvalue weighted by Gasteiger charge is 2.27. The van der Waals surface area contributed by atoms with Crippen LogP contribution in [0.2, 0.25) is 0 Å². The van der Waals surface area contributed by atoms with Gasteiger partial charge in [-0.05, 0) is 61.4 Å². The normalized spacial score (nSPS) is 15.6. The molecule has 0 aliphatic carbocycles. The van der Waals surface area contributed by atoms with Gasteiger partial charge in [0.05, 0.1) is 24.9 Å². The van der Waals surface area contributed by atoms with E-state index in [-0.39, 0.29) is 18.2 Å².